The second-order valence-corrected chi connectivity index (χ2v) is 5.94. The molecule has 0 radical (unpaired) electrons. The Bertz CT molecular complexity index is 1010. The summed E-state index contributed by atoms with van der Waals surface area (Å²) in [5.74, 6) is -0.179. The number of hydrogen-bond donors (Lipinski definition) is 2. The number of phenolic OH excluding ortho intramolecular Hbond substituents is 1. The first-order valence-electron chi connectivity index (χ1n) is 8.23. The minimum Gasteiger partial charge on any atom is -0.504 e. The van der Waals surface area contributed by atoms with Crippen molar-refractivity contribution in [3.63, 3.8) is 0 Å². The molecule has 0 spiro atoms. The second-order valence-electron chi connectivity index (χ2n) is 5.94. The van der Waals surface area contributed by atoms with Gasteiger partial charge in [0, 0.05) is 16.8 Å². The number of nitrogen functional groups attached to an aromatic ring is 1. The van der Waals surface area contributed by atoms with Crippen LogP contribution >= 0.6 is 0 Å². The first-order chi connectivity index (χ1) is 13.0. The predicted octanol–water partition coefficient (Wildman–Crippen LogP) is 4.69. The van der Waals surface area contributed by atoms with E-state index >= 15 is 0 Å². The summed E-state index contributed by atoms with van der Waals surface area (Å²) in [6, 6.07) is 15.7. The number of anilines is 1. The molecule has 0 saturated carbocycles. The Morgan fingerprint density at radius 2 is 1.81 bits per heavy atom. The van der Waals surface area contributed by atoms with E-state index in [0.717, 1.165) is 5.56 Å². The van der Waals surface area contributed by atoms with Crippen molar-refractivity contribution in [2.45, 2.75) is 0 Å². The fraction of sp³-hybridized carbons (Fsp3) is 0.0455. The van der Waals surface area contributed by atoms with E-state index in [2.05, 4.69) is 0 Å². The summed E-state index contributed by atoms with van der Waals surface area (Å²) >= 11 is 0. The van der Waals surface area contributed by atoms with Gasteiger partial charge in [0.05, 0.1) is 7.11 Å². The summed E-state index contributed by atoms with van der Waals surface area (Å²) in [4.78, 5) is 12.5. The van der Waals surface area contributed by atoms with Gasteiger partial charge >= 0.3 is 0 Å². The summed E-state index contributed by atoms with van der Waals surface area (Å²) in [6.45, 7) is 0. The van der Waals surface area contributed by atoms with Crippen molar-refractivity contribution in [2.75, 3.05) is 12.8 Å². The van der Waals surface area contributed by atoms with Crippen LogP contribution < -0.4 is 10.5 Å². The van der Waals surface area contributed by atoms with Crippen molar-refractivity contribution < 1.29 is 19.0 Å². The molecule has 0 aliphatic carbocycles. The van der Waals surface area contributed by atoms with Gasteiger partial charge < -0.3 is 15.6 Å². The van der Waals surface area contributed by atoms with E-state index in [1.165, 1.54) is 31.4 Å². The summed E-state index contributed by atoms with van der Waals surface area (Å²) in [6.07, 6.45) is 3.07. The third-order valence-electron chi connectivity index (χ3n) is 4.12. The number of carbonyl (C=O) groups excluding carboxylic acids is 1. The summed E-state index contributed by atoms with van der Waals surface area (Å²) in [5, 5.41) is 9.62. The molecular formula is C22H18FNO3. The Labute approximate surface area is 156 Å². The van der Waals surface area contributed by atoms with Gasteiger partial charge in [-0.2, -0.15) is 0 Å². The Kier molecular flexibility index (Phi) is 5.22. The Hall–Kier alpha value is -3.60. The average molecular weight is 363 g/mol. The molecule has 3 aromatic carbocycles. The van der Waals surface area contributed by atoms with Gasteiger partial charge in [-0.1, -0.05) is 24.3 Å². The van der Waals surface area contributed by atoms with Gasteiger partial charge in [0.15, 0.2) is 17.3 Å². The molecule has 27 heavy (non-hydrogen) atoms. The van der Waals surface area contributed by atoms with Crippen LogP contribution in [-0.2, 0) is 0 Å². The minimum atomic E-state index is -0.336. The molecule has 3 rings (SSSR count). The molecule has 0 atom stereocenters. The molecule has 0 heterocycles. The van der Waals surface area contributed by atoms with Crippen LogP contribution in [0.3, 0.4) is 0 Å². The number of benzene rings is 3. The van der Waals surface area contributed by atoms with Crippen molar-refractivity contribution in [1.29, 1.82) is 0 Å². The summed E-state index contributed by atoms with van der Waals surface area (Å²) in [5.41, 5.74) is 9.09. The number of halogens is 1. The monoisotopic (exact) mass is 363 g/mol. The van der Waals surface area contributed by atoms with Crippen molar-refractivity contribution in [3.05, 3.63) is 83.7 Å². The van der Waals surface area contributed by atoms with Gasteiger partial charge in [0.25, 0.3) is 0 Å². The van der Waals surface area contributed by atoms with E-state index in [-0.39, 0.29) is 17.3 Å². The van der Waals surface area contributed by atoms with Crippen molar-refractivity contribution >= 4 is 17.5 Å². The fourth-order valence-electron chi connectivity index (χ4n) is 2.66. The van der Waals surface area contributed by atoms with E-state index < -0.39 is 0 Å². The first-order valence-corrected chi connectivity index (χ1v) is 8.23. The standard InChI is InChI=1S/C22H18FNO3/c1-27-22-12-14(3-11-21(22)26)2-10-20(25)16-6-9-19(24)18(13-16)15-4-7-17(23)8-5-15/h2-13,26H,24H2,1H3/b10-2+. The summed E-state index contributed by atoms with van der Waals surface area (Å²) in [7, 11) is 1.46. The molecular weight excluding hydrogens is 345 g/mol. The highest BCUT2D eigenvalue weighted by atomic mass is 19.1. The number of phenols is 1. The zero-order chi connectivity index (χ0) is 19.4. The predicted molar refractivity (Wildman–Crippen MR) is 104 cm³/mol. The molecule has 0 saturated heterocycles. The smallest absolute Gasteiger partial charge is 0.185 e. The molecule has 4 nitrogen and oxygen atoms in total. The normalized spacial score (nSPS) is 10.9. The van der Waals surface area contributed by atoms with Gasteiger partial charge in [-0.3, -0.25) is 4.79 Å². The number of allylic oxidation sites excluding steroid dienone is 1. The highest BCUT2D eigenvalue weighted by Gasteiger charge is 2.09. The number of ether oxygens (including phenoxy) is 1. The Morgan fingerprint density at radius 3 is 2.52 bits per heavy atom. The molecule has 3 N–H and O–H groups in total. The van der Waals surface area contributed by atoms with Crippen LogP contribution in [0.2, 0.25) is 0 Å². The van der Waals surface area contributed by atoms with Crippen LogP contribution in [0.1, 0.15) is 15.9 Å². The van der Waals surface area contributed by atoms with Crippen LogP contribution in [0.5, 0.6) is 11.5 Å². The number of hydrogen-bond acceptors (Lipinski definition) is 4. The lowest BCUT2D eigenvalue weighted by atomic mass is 9.99. The molecule has 0 aliphatic rings. The maximum Gasteiger partial charge on any atom is 0.185 e. The molecule has 0 amide bonds. The largest absolute Gasteiger partial charge is 0.504 e. The van der Waals surface area contributed by atoms with Crippen molar-refractivity contribution in [3.8, 4) is 22.6 Å². The van der Waals surface area contributed by atoms with Gasteiger partial charge in [0.1, 0.15) is 5.82 Å². The molecule has 0 aromatic heterocycles. The third-order valence-corrected chi connectivity index (χ3v) is 4.12. The Morgan fingerprint density at radius 1 is 1.07 bits per heavy atom. The molecule has 0 fully saturated rings. The molecule has 3 aromatic rings. The van der Waals surface area contributed by atoms with E-state index in [0.29, 0.717) is 28.1 Å². The zero-order valence-electron chi connectivity index (χ0n) is 14.6. The van der Waals surface area contributed by atoms with Crippen LogP contribution in [0.25, 0.3) is 17.2 Å². The van der Waals surface area contributed by atoms with Gasteiger partial charge in [-0.15, -0.1) is 0 Å². The number of rotatable bonds is 5. The average Bonchev–Trinajstić information content (AvgIpc) is 2.68. The van der Waals surface area contributed by atoms with Gasteiger partial charge in [-0.25, -0.2) is 4.39 Å². The van der Waals surface area contributed by atoms with Crippen LogP contribution in [0, 0.1) is 5.82 Å². The van der Waals surface area contributed by atoms with Crippen LogP contribution in [0.4, 0.5) is 10.1 Å². The first kappa shape index (κ1) is 18.2. The maximum absolute atomic E-state index is 13.1. The van der Waals surface area contributed by atoms with Gasteiger partial charge in [-0.05, 0) is 59.7 Å². The maximum atomic E-state index is 13.1. The number of nitrogens with two attached hydrogens (primary N) is 1. The van der Waals surface area contributed by atoms with E-state index in [4.69, 9.17) is 10.5 Å². The lowest BCUT2D eigenvalue weighted by Gasteiger charge is -2.08. The van der Waals surface area contributed by atoms with Crippen molar-refractivity contribution in [1.82, 2.24) is 0 Å². The molecule has 136 valence electrons. The van der Waals surface area contributed by atoms with Crippen LogP contribution in [0.15, 0.2) is 66.7 Å². The SMILES string of the molecule is COc1cc(/C=C/C(=O)c2ccc(N)c(-c3ccc(F)cc3)c2)ccc1O. The second kappa shape index (κ2) is 7.74. The quantitative estimate of drug-likeness (QED) is 0.392. The topological polar surface area (TPSA) is 72.5 Å². The minimum absolute atomic E-state index is 0.0310. The lowest BCUT2D eigenvalue weighted by Crippen LogP contribution is -1.98. The Balaban J connectivity index is 1.87. The highest BCUT2D eigenvalue weighted by molar-refractivity contribution is 6.08. The lowest BCUT2D eigenvalue weighted by molar-refractivity contribution is 0.104. The molecule has 5 heteroatoms. The number of aromatic hydroxyl groups is 1. The molecule has 0 unspecified atom stereocenters. The number of carbonyl (C=O) groups is 1. The fourth-order valence-corrected chi connectivity index (χ4v) is 2.66. The number of methoxy groups -OCH3 is 1. The third kappa shape index (κ3) is 4.15. The number of ketones is 1. The van der Waals surface area contributed by atoms with E-state index in [1.54, 1.807) is 48.5 Å². The van der Waals surface area contributed by atoms with Crippen LogP contribution in [-0.4, -0.2) is 18.0 Å². The molecule has 0 aliphatic heterocycles. The highest BCUT2D eigenvalue weighted by Crippen LogP contribution is 2.28. The van der Waals surface area contributed by atoms with E-state index in [1.807, 2.05) is 0 Å². The van der Waals surface area contributed by atoms with E-state index in [9.17, 15) is 14.3 Å². The van der Waals surface area contributed by atoms with Crippen molar-refractivity contribution in [2.24, 2.45) is 0 Å². The van der Waals surface area contributed by atoms with Gasteiger partial charge in [0.2, 0.25) is 0 Å². The zero-order valence-corrected chi connectivity index (χ0v) is 14.6. The summed E-state index contributed by atoms with van der Waals surface area (Å²) < 4.78 is 18.2. The molecule has 0 bridgehead atoms.